The summed E-state index contributed by atoms with van der Waals surface area (Å²) in [5, 5.41) is 10.6. The summed E-state index contributed by atoms with van der Waals surface area (Å²) >= 11 is 1.57. The van der Waals surface area contributed by atoms with Gasteiger partial charge in [-0.3, -0.25) is 4.90 Å². The summed E-state index contributed by atoms with van der Waals surface area (Å²) in [6.45, 7) is 8.57. The van der Waals surface area contributed by atoms with E-state index in [9.17, 15) is 9.65 Å². The maximum atomic E-state index is 14.5. The predicted octanol–water partition coefficient (Wildman–Crippen LogP) is 2.97. The zero-order valence-electron chi connectivity index (χ0n) is 24.4. The van der Waals surface area contributed by atoms with Crippen molar-refractivity contribution in [2.75, 3.05) is 74.6 Å². The Morgan fingerprint density at radius 3 is 2.76 bits per heavy atom. The summed E-state index contributed by atoms with van der Waals surface area (Å²) in [7, 11) is 0. The normalized spacial score (nSPS) is 28.7. The molecule has 7 rings (SSSR count). The molecule has 10 nitrogen and oxygen atoms in total. The number of halogens is 1. The molecule has 6 heterocycles. The highest BCUT2D eigenvalue weighted by atomic mass is 32.1. The minimum absolute atomic E-state index is 0.112. The number of fused-ring (bicyclic) bond motifs is 3. The SMILES string of the molecule is CC1COCCN(c2nc(OC[C@@]34CCCN3CC(F)C4)nc(N3CC4(CCCc5sc(N)c(C#N)c54)C3)c2CN)C1. The molecular formula is C30H41FN8O2S. The summed E-state index contributed by atoms with van der Waals surface area (Å²) in [5.74, 6) is 1.94. The van der Waals surface area contributed by atoms with Gasteiger partial charge in [0.15, 0.2) is 0 Å². The highest BCUT2D eigenvalue weighted by Crippen LogP contribution is 2.51. The van der Waals surface area contributed by atoms with E-state index in [4.69, 9.17) is 30.9 Å². The molecule has 0 aromatic carbocycles. The molecule has 0 bridgehead atoms. The van der Waals surface area contributed by atoms with Gasteiger partial charge in [-0.1, -0.05) is 6.92 Å². The van der Waals surface area contributed by atoms with Gasteiger partial charge in [-0.15, -0.1) is 11.3 Å². The summed E-state index contributed by atoms with van der Waals surface area (Å²) in [5.41, 5.74) is 15.0. The average molecular weight is 597 g/mol. The van der Waals surface area contributed by atoms with E-state index in [0.717, 1.165) is 81.0 Å². The van der Waals surface area contributed by atoms with Crippen LogP contribution in [0, 0.1) is 17.2 Å². The fourth-order valence-electron chi connectivity index (χ4n) is 8.24. The van der Waals surface area contributed by atoms with Gasteiger partial charge in [0.05, 0.1) is 29.9 Å². The van der Waals surface area contributed by atoms with Crippen LogP contribution < -0.4 is 26.0 Å². The number of ether oxygens (including phenoxy) is 2. The topological polar surface area (TPSA) is 130 Å². The third-order valence-electron chi connectivity index (χ3n) is 10.1. The molecule has 4 saturated heterocycles. The van der Waals surface area contributed by atoms with Crippen LogP contribution >= 0.6 is 11.3 Å². The minimum Gasteiger partial charge on any atom is -0.461 e. The van der Waals surface area contributed by atoms with Crippen LogP contribution in [0.2, 0.25) is 0 Å². The molecule has 12 heteroatoms. The molecule has 2 aromatic heterocycles. The molecule has 4 aliphatic heterocycles. The van der Waals surface area contributed by atoms with E-state index in [1.165, 1.54) is 4.88 Å². The number of hydrogen-bond donors (Lipinski definition) is 2. The number of alkyl halides is 1. The second kappa shape index (κ2) is 10.8. The Morgan fingerprint density at radius 1 is 1.17 bits per heavy atom. The summed E-state index contributed by atoms with van der Waals surface area (Å²) < 4.78 is 26.7. The first-order valence-electron chi connectivity index (χ1n) is 15.4. The zero-order chi connectivity index (χ0) is 29.1. The van der Waals surface area contributed by atoms with Gasteiger partial charge in [0, 0.05) is 56.0 Å². The first-order valence-corrected chi connectivity index (χ1v) is 16.2. The number of aryl methyl sites for hydroxylation is 1. The van der Waals surface area contributed by atoms with Gasteiger partial charge < -0.3 is 30.7 Å². The van der Waals surface area contributed by atoms with Gasteiger partial charge in [-0.2, -0.15) is 15.2 Å². The highest BCUT2D eigenvalue weighted by molar-refractivity contribution is 7.16. The van der Waals surface area contributed by atoms with Gasteiger partial charge in [-0.05, 0) is 50.1 Å². The molecular weight excluding hydrogens is 555 g/mol. The minimum atomic E-state index is -0.818. The molecule has 2 unspecified atom stereocenters. The van der Waals surface area contributed by atoms with E-state index < -0.39 is 6.17 Å². The van der Waals surface area contributed by atoms with E-state index in [-0.39, 0.29) is 11.0 Å². The number of rotatable bonds is 6. The standard InChI is InChI=1S/C30H41FN8O2S/c1-19-13-37(8-9-40-15-19)26-22(12-33)27(36-28(35-26)41-18-30-6-3-7-39(30)14-20(31)10-30)38-16-29(17-38)5-2-4-23-24(29)21(11-32)25(34)42-23/h19-20H,2-10,12-18,33-34H2,1H3/t19?,20?,30-/m0/s1. The summed E-state index contributed by atoms with van der Waals surface area (Å²) in [6, 6.07) is 2.71. The molecule has 0 saturated carbocycles. The van der Waals surface area contributed by atoms with E-state index in [0.29, 0.717) is 68.4 Å². The zero-order valence-corrected chi connectivity index (χ0v) is 25.2. The van der Waals surface area contributed by atoms with Gasteiger partial charge in [-0.25, -0.2) is 4.39 Å². The number of nitrogens with two attached hydrogens (primary N) is 2. The van der Waals surface area contributed by atoms with Crippen molar-refractivity contribution in [3.05, 3.63) is 21.6 Å². The molecule has 1 aliphatic carbocycles. The molecule has 4 fully saturated rings. The Balaban J connectivity index is 1.23. The Bertz CT molecular complexity index is 1390. The summed E-state index contributed by atoms with van der Waals surface area (Å²) in [4.78, 5) is 18.0. The fourth-order valence-corrected chi connectivity index (χ4v) is 9.42. The third kappa shape index (κ3) is 4.60. The number of anilines is 3. The molecule has 42 heavy (non-hydrogen) atoms. The van der Waals surface area contributed by atoms with Crippen LogP contribution in [0.3, 0.4) is 0 Å². The molecule has 0 radical (unpaired) electrons. The van der Waals surface area contributed by atoms with E-state index in [1.807, 2.05) is 0 Å². The first-order chi connectivity index (χ1) is 20.3. The van der Waals surface area contributed by atoms with Gasteiger partial charge >= 0.3 is 6.01 Å². The van der Waals surface area contributed by atoms with Crippen LogP contribution in [-0.2, 0) is 23.1 Å². The number of thiophene rings is 1. The maximum Gasteiger partial charge on any atom is 0.320 e. The molecule has 2 aromatic rings. The largest absolute Gasteiger partial charge is 0.461 e. The smallest absolute Gasteiger partial charge is 0.320 e. The molecule has 3 atom stereocenters. The fraction of sp³-hybridized carbons (Fsp3) is 0.700. The molecule has 0 amide bonds. The Hall–Kier alpha value is -2.72. The quantitative estimate of drug-likeness (QED) is 0.513. The van der Waals surface area contributed by atoms with E-state index in [1.54, 1.807) is 11.3 Å². The summed E-state index contributed by atoms with van der Waals surface area (Å²) in [6.07, 6.45) is 4.74. The monoisotopic (exact) mass is 596 g/mol. The molecule has 5 aliphatic rings. The molecule has 4 N–H and O–H groups in total. The van der Waals surface area contributed by atoms with E-state index >= 15 is 0 Å². The van der Waals surface area contributed by atoms with Crippen molar-refractivity contribution in [1.29, 1.82) is 5.26 Å². The number of hydrogen-bond acceptors (Lipinski definition) is 11. The maximum absolute atomic E-state index is 14.5. The first kappa shape index (κ1) is 28.1. The van der Waals surface area contributed by atoms with Crippen LogP contribution in [0.5, 0.6) is 6.01 Å². The van der Waals surface area contributed by atoms with Crippen molar-refractivity contribution in [2.45, 2.75) is 69.1 Å². The van der Waals surface area contributed by atoms with Crippen molar-refractivity contribution < 1.29 is 13.9 Å². The Kier molecular flexibility index (Phi) is 7.20. The van der Waals surface area contributed by atoms with Crippen molar-refractivity contribution in [3.63, 3.8) is 0 Å². The number of nitrogen functional groups attached to an aromatic ring is 1. The van der Waals surface area contributed by atoms with Crippen LogP contribution in [0.4, 0.5) is 21.0 Å². The van der Waals surface area contributed by atoms with Gasteiger partial charge in [0.25, 0.3) is 0 Å². The lowest BCUT2D eigenvalue weighted by atomic mass is 9.66. The van der Waals surface area contributed by atoms with Crippen molar-refractivity contribution in [3.8, 4) is 12.1 Å². The third-order valence-corrected chi connectivity index (χ3v) is 11.2. The molecule has 226 valence electrons. The predicted molar refractivity (Wildman–Crippen MR) is 161 cm³/mol. The van der Waals surface area contributed by atoms with E-state index in [2.05, 4.69) is 27.7 Å². The number of aromatic nitrogens is 2. The number of nitrogens with zero attached hydrogens (tertiary/aromatic N) is 6. The van der Waals surface area contributed by atoms with Crippen LogP contribution in [0.15, 0.2) is 0 Å². The van der Waals surface area contributed by atoms with Crippen LogP contribution in [0.1, 0.15) is 60.6 Å². The second-order valence-electron chi connectivity index (χ2n) is 13.1. The number of nitriles is 1. The lowest BCUT2D eigenvalue weighted by Gasteiger charge is -2.53. The van der Waals surface area contributed by atoms with Gasteiger partial charge in [0.2, 0.25) is 0 Å². The van der Waals surface area contributed by atoms with Crippen molar-refractivity contribution in [2.24, 2.45) is 11.7 Å². The Morgan fingerprint density at radius 2 is 1.98 bits per heavy atom. The Labute approximate surface area is 250 Å². The van der Waals surface area contributed by atoms with Crippen LogP contribution in [0.25, 0.3) is 0 Å². The lowest BCUT2D eigenvalue weighted by Crippen LogP contribution is -2.61. The lowest BCUT2D eigenvalue weighted by molar-refractivity contribution is 0.107. The van der Waals surface area contributed by atoms with Crippen molar-refractivity contribution in [1.82, 2.24) is 14.9 Å². The van der Waals surface area contributed by atoms with Crippen molar-refractivity contribution >= 4 is 28.0 Å². The highest BCUT2D eigenvalue weighted by Gasteiger charge is 2.51. The van der Waals surface area contributed by atoms with Crippen LogP contribution in [-0.4, -0.2) is 85.7 Å². The molecule has 1 spiro atoms. The average Bonchev–Trinajstić information content (AvgIpc) is 3.53. The second-order valence-corrected chi connectivity index (χ2v) is 14.2. The van der Waals surface area contributed by atoms with Gasteiger partial charge in [0.1, 0.15) is 35.5 Å².